The molecule has 1 atom stereocenters. The van der Waals surface area contributed by atoms with Crippen LogP contribution in [0.4, 0.5) is 0 Å². The molecule has 2 amide bonds. The van der Waals surface area contributed by atoms with Crippen molar-refractivity contribution < 1.29 is 14.0 Å². The predicted molar refractivity (Wildman–Crippen MR) is 101 cm³/mol. The molecule has 7 nitrogen and oxygen atoms in total. The number of furan rings is 1. The topological polar surface area (TPSA) is 80.4 Å². The van der Waals surface area contributed by atoms with E-state index in [-0.39, 0.29) is 17.7 Å². The molecule has 2 aromatic rings. The first kappa shape index (κ1) is 19.2. The van der Waals surface area contributed by atoms with E-state index < -0.39 is 0 Å². The molecule has 1 aliphatic heterocycles. The molecule has 27 heavy (non-hydrogen) atoms. The molecule has 1 N–H and O–H groups in total. The van der Waals surface area contributed by atoms with Gasteiger partial charge in [-0.3, -0.25) is 14.3 Å². The average molecular weight is 372 g/mol. The van der Waals surface area contributed by atoms with Crippen molar-refractivity contribution in [2.75, 3.05) is 19.6 Å². The van der Waals surface area contributed by atoms with Gasteiger partial charge in [-0.2, -0.15) is 5.10 Å². The summed E-state index contributed by atoms with van der Waals surface area (Å²) in [5.41, 5.74) is 2.72. The SMILES string of the molecule is Cc1cc(C)n(C[C@@H](C)CNC(=O)C2CCN(C(=O)c3ccoc3)CC2)n1. The molecule has 3 heterocycles. The van der Waals surface area contributed by atoms with Crippen molar-refractivity contribution in [1.29, 1.82) is 0 Å². The quantitative estimate of drug-likeness (QED) is 0.844. The summed E-state index contributed by atoms with van der Waals surface area (Å²) in [5, 5.41) is 7.54. The van der Waals surface area contributed by atoms with Crippen molar-refractivity contribution in [3.8, 4) is 0 Å². The van der Waals surface area contributed by atoms with Crippen LogP contribution in [0.15, 0.2) is 29.1 Å². The molecule has 1 fully saturated rings. The van der Waals surface area contributed by atoms with E-state index in [1.54, 1.807) is 11.0 Å². The zero-order chi connectivity index (χ0) is 19.4. The Morgan fingerprint density at radius 3 is 2.67 bits per heavy atom. The number of aromatic nitrogens is 2. The summed E-state index contributed by atoms with van der Waals surface area (Å²) < 4.78 is 6.97. The fourth-order valence-corrected chi connectivity index (χ4v) is 3.55. The maximum Gasteiger partial charge on any atom is 0.257 e. The van der Waals surface area contributed by atoms with Gasteiger partial charge in [-0.25, -0.2) is 0 Å². The first-order valence-electron chi connectivity index (χ1n) is 9.54. The average Bonchev–Trinajstić information content (AvgIpc) is 3.29. The highest BCUT2D eigenvalue weighted by atomic mass is 16.3. The minimum atomic E-state index is -0.0284. The van der Waals surface area contributed by atoms with Crippen LogP contribution in [0, 0.1) is 25.7 Å². The van der Waals surface area contributed by atoms with Crippen molar-refractivity contribution in [3.05, 3.63) is 41.6 Å². The van der Waals surface area contributed by atoms with Crippen LogP contribution in [0.1, 0.15) is 41.5 Å². The molecule has 146 valence electrons. The molecule has 7 heteroatoms. The minimum Gasteiger partial charge on any atom is -0.472 e. The fraction of sp³-hybridized carbons (Fsp3) is 0.550. The number of piperidine rings is 1. The molecule has 0 aliphatic carbocycles. The van der Waals surface area contributed by atoms with Crippen LogP contribution in [-0.4, -0.2) is 46.1 Å². The lowest BCUT2D eigenvalue weighted by Crippen LogP contribution is -2.43. The van der Waals surface area contributed by atoms with Crippen molar-refractivity contribution in [2.24, 2.45) is 11.8 Å². The van der Waals surface area contributed by atoms with Crippen molar-refractivity contribution in [1.82, 2.24) is 20.0 Å². The molecule has 3 rings (SSSR count). The molecular weight excluding hydrogens is 344 g/mol. The molecule has 0 bridgehead atoms. The highest BCUT2D eigenvalue weighted by molar-refractivity contribution is 5.94. The summed E-state index contributed by atoms with van der Waals surface area (Å²) in [4.78, 5) is 26.6. The number of hydrogen-bond acceptors (Lipinski definition) is 4. The van der Waals surface area contributed by atoms with Crippen LogP contribution in [0.3, 0.4) is 0 Å². The van der Waals surface area contributed by atoms with E-state index in [9.17, 15) is 9.59 Å². The zero-order valence-corrected chi connectivity index (χ0v) is 16.3. The van der Waals surface area contributed by atoms with E-state index in [4.69, 9.17) is 4.42 Å². The normalized spacial score (nSPS) is 16.3. The van der Waals surface area contributed by atoms with Gasteiger partial charge in [-0.1, -0.05) is 6.92 Å². The Morgan fingerprint density at radius 2 is 2.07 bits per heavy atom. The van der Waals surface area contributed by atoms with E-state index in [2.05, 4.69) is 23.4 Å². The van der Waals surface area contributed by atoms with Crippen LogP contribution in [0.25, 0.3) is 0 Å². The first-order valence-corrected chi connectivity index (χ1v) is 9.54. The molecule has 1 aliphatic rings. The third-order valence-corrected chi connectivity index (χ3v) is 5.13. The molecule has 1 saturated heterocycles. The van der Waals surface area contributed by atoms with Gasteiger partial charge in [-0.15, -0.1) is 0 Å². The van der Waals surface area contributed by atoms with Crippen LogP contribution in [0.5, 0.6) is 0 Å². The summed E-state index contributed by atoms with van der Waals surface area (Å²) in [7, 11) is 0. The summed E-state index contributed by atoms with van der Waals surface area (Å²) >= 11 is 0. The third-order valence-electron chi connectivity index (χ3n) is 5.13. The van der Waals surface area contributed by atoms with Gasteiger partial charge in [0.1, 0.15) is 6.26 Å². The van der Waals surface area contributed by atoms with Gasteiger partial charge in [0.25, 0.3) is 5.91 Å². The monoisotopic (exact) mass is 372 g/mol. The molecule has 0 saturated carbocycles. The number of likely N-dealkylation sites (tertiary alicyclic amines) is 1. The highest BCUT2D eigenvalue weighted by Gasteiger charge is 2.28. The smallest absolute Gasteiger partial charge is 0.257 e. The fourth-order valence-electron chi connectivity index (χ4n) is 3.55. The number of aryl methyl sites for hydroxylation is 2. The summed E-state index contributed by atoms with van der Waals surface area (Å²) in [6.07, 6.45) is 4.36. The zero-order valence-electron chi connectivity index (χ0n) is 16.3. The lowest BCUT2D eigenvalue weighted by Gasteiger charge is -2.31. The first-order chi connectivity index (χ1) is 12.9. The Bertz CT molecular complexity index is 773. The molecule has 0 aromatic carbocycles. The van der Waals surface area contributed by atoms with Gasteiger partial charge in [0.05, 0.1) is 17.5 Å². The second-order valence-corrected chi connectivity index (χ2v) is 7.54. The second kappa shape index (κ2) is 8.41. The Balaban J connectivity index is 1.41. The Labute approximate surface area is 159 Å². The maximum absolute atomic E-state index is 12.5. The Hall–Kier alpha value is -2.57. The number of amides is 2. The third kappa shape index (κ3) is 4.78. The summed E-state index contributed by atoms with van der Waals surface area (Å²) in [6, 6.07) is 3.73. The molecule has 0 unspecified atom stereocenters. The molecule has 2 aromatic heterocycles. The van der Waals surface area contributed by atoms with Crippen LogP contribution in [-0.2, 0) is 11.3 Å². The predicted octanol–water partition coefficient (Wildman–Crippen LogP) is 2.40. The standard InChI is InChI=1S/C20H28N4O3/c1-14(12-24-16(3)10-15(2)22-24)11-21-19(25)17-4-7-23(8-5-17)20(26)18-6-9-27-13-18/h6,9-10,13-14,17H,4-5,7-8,11-12H2,1-3H3,(H,21,25)/t14-/m0/s1. The van der Waals surface area contributed by atoms with Gasteiger partial charge in [0.15, 0.2) is 0 Å². The van der Waals surface area contributed by atoms with Gasteiger partial charge in [-0.05, 0) is 44.7 Å². The van der Waals surface area contributed by atoms with Crippen molar-refractivity contribution in [3.63, 3.8) is 0 Å². The molecular formula is C20H28N4O3. The van der Waals surface area contributed by atoms with Gasteiger partial charge >= 0.3 is 0 Å². The van der Waals surface area contributed by atoms with E-state index in [0.29, 0.717) is 44.0 Å². The summed E-state index contributed by atoms with van der Waals surface area (Å²) in [6.45, 7) is 8.77. The largest absolute Gasteiger partial charge is 0.472 e. The van der Waals surface area contributed by atoms with E-state index in [1.807, 2.05) is 18.5 Å². The number of nitrogens with zero attached hydrogens (tertiary/aromatic N) is 3. The highest BCUT2D eigenvalue weighted by Crippen LogP contribution is 2.19. The van der Waals surface area contributed by atoms with Gasteiger partial charge < -0.3 is 14.6 Å². The van der Waals surface area contributed by atoms with E-state index in [0.717, 1.165) is 17.9 Å². The van der Waals surface area contributed by atoms with E-state index in [1.165, 1.54) is 12.5 Å². The number of carbonyl (C=O) groups is 2. The lowest BCUT2D eigenvalue weighted by molar-refractivity contribution is -0.126. The second-order valence-electron chi connectivity index (χ2n) is 7.54. The van der Waals surface area contributed by atoms with Crippen LogP contribution < -0.4 is 5.32 Å². The van der Waals surface area contributed by atoms with Gasteiger partial charge in [0, 0.05) is 37.8 Å². The maximum atomic E-state index is 12.5. The number of carbonyl (C=O) groups excluding carboxylic acids is 2. The number of rotatable bonds is 6. The van der Waals surface area contributed by atoms with Crippen LogP contribution >= 0.6 is 0 Å². The molecule has 0 radical (unpaired) electrons. The minimum absolute atomic E-state index is 0.0267. The number of nitrogens with one attached hydrogen (secondary N) is 1. The Kier molecular flexibility index (Phi) is 5.98. The number of hydrogen-bond donors (Lipinski definition) is 1. The Morgan fingerprint density at radius 1 is 1.33 bits per heavy atom. The summed E-state index contributed by atoms with van der Waals surface area (Å²) in [5.74, 6) is 0.334. The lowest BCUT2D eigenvalue weighted by atomic mass is 9.95. The van der Waals surface area contributed by atoms with Crippen LogP contribution in [0.2, 0.25) is 0 Å². The molecule has 0 spiro atoms. The van der Waals surface area contributed by atoms with Crippen molar-refractivity contribution in [2.45, 2.75) is 40.2 Å². The van der Waals surface area contributed by atoms with Gasteiger partial charge in [0.2, 0.25) is 5.91 Å². The van der Waals surface area contributed by atoms with E-state index >= 15 is 0 Å². The van der Waals surface area contributed by atoms with Crippen molar-refractivity contribution >= 4 is 11.8 Å².